The molecule has 1 heterocycles. The number of rotatable bonds is 3. The maximum Gasteiger partial charge on any atom is 0.152 e. The topological polar surface area (TPSA) is 52.3 Å². The van der Waals surface area contributed by atoms with Gasteiger partial charge in [0, 0.05) is 15.1 Å². The van der Waals surface area contributed by atoms with Gasteiger partial charge in [-0.25, -0.2) is 0 Å². The van der Waals surface area contributed by atoms with Gasteiger partial charge in [-0.2, -0.15) is 0 Å². The Kier molecular flexibility index (Phi) is 3.16. The lowest BCUT2D eigenvalue weighted by Crippen LogP contribution is -1.98. The number of aldehydes is 1. The molecule has 0 spiro atoms. The number of methoxy groups -OCH3 is 1. The van der Waals surface area contributed by atoms with Crippen LogP contribution in [0.4, 0.5) is 5.69 Å². The van der Waals surface area contributed by atoms with Gasteiger partial charge in [0.1, 0.15) is 5.75 Å². The first-order valence-corrected chi connectivity index (χ1v) is 6.96. The number of nitrogens with two attached hydrogens (primary N) is 1. The second-order valence-corrected chi connectivity index (χ2v) is 5.53. The predicted molar refractivity (Wildman–Crippen MR) is 83.6 cm³/mol. The van der Waals surface area contributed by atoms with Crippen molar-refractivity contribution in [3.05, 3.63) is 48.0 Å². The van der Waals surface area contributed by atoms with Crippen molar-refractivity contribution in [3.8, 4) is 16.2 Å². The molecule has 0 radical (unpaired) electrons. The van der Waals surface area contributed by atoms with E-state index < -0.39 is 0 Å². The monoisotopic (exact) mass is 283 g/mol. The zero-order chi connectivity index (χ0) is 14.1. The third-order valence-electron chi connectivity index (χ3n) is 3.23. The highest BCUT2D eigenvalue weighted by Crippen LogP contribution is 2.37. The zero-order valence-electron chi connectivity index (χ0n) is 10.9. The number of hydrogen-bond acceptors (Lipinski definition) is 4. The van der Waals surface area contributed by atoms with E-state index in [-0.39, 0.29) is 0 Å². The Balaban J connectivity index is 2.20. The molecule has 0 aliphatic rings. The van der Waals surface area contributed by atoms with Crippen molar-refractivity contribution in [1.82, 2.24) is 0 Å². The van der Waals surface area contributed by atoms with E-state index in [1.165, 1.54) is 10.1 Å². The molecule has 2 N–H and O–H groups in total. The lowest BCUT2D eigenvalue weighted by atomic mass is 10.1. The van der Waals surface area contributed by atoms with Crippen LogP contribution in [0.2, 0.25) is 0 Å². The Labute approximate surface area is 120 Å². The number of carbonyl (C=O) groups excluding carboxylic acids is 1. The van der Waals surface area contributed by atoms with Crippen LogP contribution in [-0.4, -0.2) is 13.4 Å². The quantitative estimate of drug-likeness (QED) is 0.584. The fraction of sp³-hybridized carbons (Fsp3) is 0.0625. The highest BCUT2D eigenvalue weighted by atomic mass is 32.1. The molecule has 0 saturated heterocycles. The Hall–Kier alpha value is -2.33. The third kappa shape index (κ3) is 2.04. The third-order valence-corrected chi connectivity index (χ3v) is 4.40. The number of thiophene rings is 1. The minimum absolute atomic E-state index is 0.382. The molecule has 0 fully saturated rings. The molecule has 3 nitrogen and oxygen atoms in total. The maximum atomic E-state index is 11.1. The van der Waals surface area contributed by atoms with Gasteiger partial charge in [-0.05, 0) is 35.2 Å². The van der Waals surface area contributed by atoms with Gasteiger partial charge < -0.3 is 10.5 Å². The number of ether oxygens (including phenoxy) is 1. The summed E-state index contributed by atoms with van der Waals surface area (Å²) in [6.07, 6.45) is 0.759. The van der Waals surface area contributed by atoms with Crippen LogP contribution in [0.25, 0.3) is 20.5 Å². The summed E-state index contributed by atoms with van der Waals surface area (Å²) < 4.78 is 6.46. The number of carbonyl (C=O) groups is 1. The molecule has 0 bridgehead atoms. The molecule has 1 aromatic heterocycles. The second kappa shape index (κ2) is 4.98. The van der Waals surface area contributed by atoms with Crippen molar-refractivity contribution >= 4 is 33.4 Å². The summed E-state index contributed by atoms with van der Waals surface area (Å²) in [5.41, 5.74) is 7.65. The molecule has 0 saturated carbocycles. The summed E-state index contributed by atoms with van der Waals surface area (Å²) in [5.74, 6) is 0.530. The molecule has 0 aliphatic heterocycles. The average molecular weight is 283 g/mol. The van der Waals surface area contributed by atoms with Crippen LogP contribution < -0.4 is 10.5 Å². The van der Waals surface area contributed by atoms with Gasteiger partial charge in [-0.15, -0.1) is 11.3 Å². The normalized spacial score (nSPS) is 10.7. The molecule has 100 valence electrons. The van der Waals surface area contributed by atoms with E-state index in [2.05, 4.69) is 18.2 Å². The molecule has 0 aliphatic carbocycles. The fourth-order valence-electron chi connectivity index (χ4n) is 2.18. The summed E-state index contributed by atoms with van der Waals surface area (Å²) in [6, 6.07) is 14.0. The van der Waals surface area contributed by atoms with Crippen LogP contribution in [0.5, 0.6) is 5.75 Å². The number of fused-ring (bicyclic) bond motifs is 1. The average Bonchev–Trinajstić information content (AvgIpc) is 2.91. The summed E-state index contributed by atoms with van der Waals surface area (Å²) >= 11 is 1.68. The van der Waals surface area contributed by atoms with Gasteiger partial charge in [-0.1, -0.05) is 18.2 Å². The van der Waals surface area contributed by atoms with E-state index >= 15 is 0 Å². The molecule has 2 aromatic carbocycles. The summed E-state index contributed by atoms with van der Waals surface area (Å²) in [4.78, 5) is 12.2. The number of anilines is 1. The van der Waals surface area contributed by atoms with Gasteiger partial charge in [0.25, 0.3) is 0 Å². The van der Waals surface area contributed by atoms with Crippen LogP contribution in [0, 0.1) is 0 Å². The lowest BCUT2D eigenvalue weighted by molar-refractivity contribution is 0.112. The Morgan fingerprint density at radius 2 is 2.00 bits per heavy atom. The molecule has 3 aromatic rings. The smallest absolute Gasteiger partial charge is 0.152 e. The van der Waals surface area contributed by atoms with E-state index in [1.54, 1.807) is 24.5 Å². The van der Waals surface area contributed by atoms with Gasteiger partial charge in [0.2, 0.25) is 0 Å². The first-order chi connectivity index (χ1) is 9.72. The van der Waals surface area contributed by atoms with Crippen LogP contribution >= 0.6 is 11.3 Å². The summed E-state index contributed by atoms with van der Waals surface area (Å²) in [7, 11) is 1.55. The van der Waals surface area contributed by atoms with Gasteiger partial charge in [0.15, 0.2) is 6.29 Å². The van der Waals surface area contributed by atoms with Gasteiger partial charge in [0.05, 0.1) is 12.8 Å². The van der Waals surface area contributed by atoms with E-state index in [0.717, 1.165) is 16.7 Å². The van der Waals surface area contributed by atoms with Gasteiger partial charge >= 0.3 is 0 Å². The first kappa shape index (κ1) is 12.7. The van der Waals surface area contributed by atoms with Crippen LogP contribution in [-0.2, 0) is 0 Å². The molecule has 0 atom stereocenters. The molecular weight excluding hydrogens is 270 g/mol. The minimum Gasteiger partial charge on any atom is -0.495 e. The summed E-state index contributed by atoms with van der Waals surface area (Å²) in [5, 5.41) is 1.19. The SMILES string of the molecule is COc1cc(-c2cc3ccccc3s2)cc(C=O)c1N. The van der Waals surface area contributed by atoms with Crippen LogP contribution in [0.15, 0.2) is 42.5 Å². The fourth-order valence-corrected chi connectivity index (χ4v) is 3.23. The maximum absolute atomic E-state index is 11.1. The van der Waals surface area contributed by atoms with Crippen LogP contribution in [0.3, 0.4) is 0 Å². The Bertz CT molecular complexity index is 759. The Morgan fingerprint density at radius 3 is 2.70 bits per heavy atom. The van der Waals surface area contributed by atoms with E-state index in [4.69, 9.17) is 10.5 Å². The van der Waals surface area contributed by atoms with E-state index in [0.29, 0.717) is 17.0 Å². The minimum atomic E-state index is 0.382. The Morgan fingerprint density at radius 1 is 1.20 bits per heavy atom. The van der Waals surface area contributed by atoms with Crippen molar-refractivity contribution in [1.29, 1.82) is 0 Å². The lowest BCUT2D eigenvalue weighted by Gasteiger charge is -2.09. The standard InChI is InChI=1S/C16H13NO2S/c1-19-13-7-11(6-12(9-18)16(13)17)15-8-10-4-2-3-5-14(10)20-15/h2-9H,17H2,1H3. The zero-order valence-corrected chi connectivity index (χ0v) is 11.7. The van der Waals surface area contributed by atoms with E-state index in [9.17, 15) is 4.79 Å². The second-order valence-electron chi connectivity index (χ2n) is 4.45. The largest absolute Gasteiger partial charge is 0.495 e. The van der Waals surface area contributed by atoms with Crippen molar-refractivity contribution in [2.24, 2.45) is 0 Å². The van der Waals surface area contributed by atoms with Crippen molar-refractivity contribution in [2.45, 2.75) is 0 Å². The molecule has 0 unspecified atom stereocenters. The highest BCUT2D eigenvalue weighted by Gasteiger charge is 2.11. The van der Waals surface area contributed by atoms with E-state index in [1.807, 2.05) is 18.2 Å². The first-order valence-electron chi connectivity index (χ1n) is 6.14. The number of nitrogen functional groups attached to an aromatic ring is 1. The molecular formula is C16H13NO2S. The van der Waals surface area contributed by atoms with Crippen molar-refractivity contribution in [3.63, 3.8) is 0 Å². The molecule has 0 amide bonds. The molecule has 20 heavy (non-hydrogen) atoms. The predicted octanol–water partition coefficient (Wildman–Crippen LogP) is 3.97. The molecule has 4 heteroatoms. The summed E-state index contributed by atoms with van der Waals surface area (Å²) in [6.45, 7) is 0. The van der Waals surface area contributed by atoms with Gasteiger partial charge in [-0.3, -0.25) is 4.79 Å². The highest BCUT2D eigenvalue weighted by molar-refractivity contribution is 7.22. The number of benzene rings is 2. The van der Waals surface area contributed by atoms with Crippen molar-refractivity contribution in [2.75, 3.05) is 12.8 Å². The van der Waals surface area contributed by atoms with Crippen LogP contribution in [0.1, 0.15) is 10.4 Å². The number of hydrogen-bond donors (Lipinski definition) is 1. The molecule has 3 rings (SSSR count). The van der Waals surface area contributed by atoms with Crippen molar-refractivity contribution < 1.29 is 9.53 Å².